The Morgan fingerprint density at radius 3 is 1.50 bits per heavy atom. The van der Waals surface area contributed by atoms with Crippen molar-refractivity contribution in [3.05, 3.63) is 108 Å². The van der Waals surface area contributed by atoms with Crippen LogP contribution >= 0.6 is 0 Å². The van der Waals surface area contributed by atoms with Gasteiger partial charge in [-0.3, -0.25) is 59.1 Å². The number of hydrogen-bond acceptors (Lipinski definition) is 20. The summed E-state index contributed by atoms with van der Waals surface area (Å²) in [5.41, 5.74) is 38.3. The number of aliphatic hydroxyl groups excluding tert-OH is 1. The third kappa shape index (κ3) is 15.8. The lowest BCUT2D eigenvalue weighted by Crippen LogP contribution is -2.58. The van der Waals surface area contributed by atoms with E-state index in [9.17, 15) is 74.6 Å². The molecule has 6 amide bonds. The second-order valence-corrected chi connectivity index (χ2v) is 14.7. The molecule has 0 aliphatic heterocycles. The van der Waals surface area contributed by atoms with Crippen LogP contribution in [-0.2, 0) is 35.3 Å². The number of primary amides is 1. The van der Waals surface area contributed by atoms with Crippen LogP contribution in [0.25, 0.3) is 0 Å². The molecule has 6 atom stereocenters. The van der Waals surface area contributed by atoms with Crippen molar-refractivity contribution < 1.29 is 53.8 Å². The molecule has 3 aromatic carbocycles. The van der Waals surface area contributed by atoms with Gasteiger partial charge in [0.05, 0.1) is 38.8 Å². The zero-order chi connectivity index (χ0) is 55.7. The molecule has 3 rings (SSSR count). The van der Waals surface area contributed by atoms with E-state index < -0.39 is 152 Å². The maximum absolute atomic E-state index is 14.5. The highest BCUT2D eigenvalue weighted by atomic mass is 16.6. The van der Waals surface area contributed by atoms with Gasteiger partial charge in [0.2, 0.25) is 36.5 Å². The molecule has 0 saturated heterocycles. The first-order valence-corrected chi connectivity index (χ1v) is 20.3. The van der Waals surface area contributed by atoms with Crippen LogP contribution in [0.4, 0.5) is 22.7 Å². The molecule has 0 aliphatic rings. The van der Waals surface area contributed by atoms with Gasteiger partial charge in [0.15, 0.2) is 29.3 Å². The molecular formula is C38H46N22O14. The molecule has 0 radical (unpaired) electrons. The minimum Gasteiger partial charge on any atom is -0.502 e. The van der Waals surface area contributed by atoms with Gasteiger partial charge in [0.25, 0.3) is 23.6 Å². The second kappa shape index (κ2) is 25.6. The standard InChI is InChI=1S/C38H46N22O14/c1-15(40)48-28(33(66)50-27(26(41)63)54-36(42)43)52-35(68)30(56-38(46)47)53-34(67)29(55-37(44)45)51-32(65)24(18-5-3-2-4-6-18)49-31(64)22(14-61)57(13-16-7-8-23(62)19(9-16)58(69)70)25-20(59(71)72)10-17(12-39)11-21(25)60(73)74/h2-11,22,24,27-30,61-62H,13-14H2,1H3,(H2,40,48)(H2,41,63)(H,49,64)(H,50,66)(H,51,65)(H,52,68)(H,53,67)(H4,42,43,54)(H4,44,45,55)(H4,46,47,56). The van der Waals surface area contributed by atoms with E-state index in [0.29, 0.717) is 17.0 Å². The summed E-state index contributed by atoms with van der Waals surface area (Å²) in [6.45, 7) is -1.11. The summed E-state index contributed by atoms with van der Waals surface area (Å²) in [5, 5.41) is 77.6. The summed E-state index contributed by atoms with van der Waals surface area (Å²) in [6, 6.07) is 7.91. The van der Waals surface area contributed by atoms with Gasteiger partial charge >= 0.3 is 17.1 Å². The fourth-order valence-corrected chi connectivity index (χ4v) is 6.25. The average Bonchev–Trinajstić information content (AvgIpc) is 3.31. The van der Waals surface area contributed by atoms with Gasteiger partial charge in [-0.05, 0) is 24.1 Å². The predicted octanol–water partition coefficient (Wildman–Crippen LogP) is -6.33. The van der Waals surface area contributed by atoms with Crippen molar-refractivity contribution in [2.24, 2.45) is 65.8 Å². The fraction of sp³-hybridized carbons (Fsp3) is 0.237. The minimum atomic E-state index is -2.29. The molecule has 392 valence electrons. The number of nitro benzene ring substituents is 3. The van der Waals surface area contributed by atoms with Gasteiger partial charge in [0, 0.05) is 24.7 Å². The first-order chi connectivity index (χ1) is 34.7. The molecule has 0 bridgehead atoms. The smallest absolute Gasteiger partial charge is 0.311 e. The van der Waals surface area contributed by atoms with Gasteiger partial charge in [-0.25, -0.2) is 20.0 Å². The SMILES string of the molecule is CC(N)=NC(NC(=O)C(N=C(N)N)NC(=O)C(N=C(N)N)NC(=O)C(NC(=O)C(CO)N(Cc1ccc(O)c([N+](=O)[O-])c1)c1c([N+](=O)[O-])cc(C#N)cc1[N+](=O)[O-])c1ccccc1)C(=O)NC(N=C(N)N)C(N)=O. The largest absolute Gasteiger partial charge is 0.502 e. The number of nitrogens with two attached hydrogens (primary N) is 8. The molecule has 0 aliphatic carbocycles. The number of hydrogen-bond donors (Lipinski definition) is 15. The highest BCUT2D eigenvalue weighted by Crippen LogP contribution is 2.41. The van der Waals surface area contributed by atoms with Gasteiger partial charge in [-0.15, -0.1) is 0 Å². The third-order valence-electron chi connectivity index (χ3n) is 9.30. The molecule has 0 aromatic heterocycles. The lowest BCUT2D eigenvalue weighted by atomic mass is 10.0. The molecule has 3 aromatic rings. The third-order valence-corrected chi connectivity index (χ3v) is 9.30. The molecule has 23 N–H and O–H groups in total. The normalized spacial score (nSPS) is 13.2. The minimum absolute atomic E-state index is 0.105. The molecule has 0 spiro atoms. The number of phenols is 1. The van der Waals surface area contributed by atoms with Gasteiger partial charge in [-0.2, -0.15) is 5.26 Å². The van der Waals surface area contributed by atoms with Crippen LogP contribution in [0.3, 0.4) is 0 Å². The average molecular weight is 1030 g/mol. The van der Waals surface area contributed by atoms with E-state index in [1.807, 2.05) is 16.0 Å². The summed E-state index contributed by atoms with van der Waals surface area (Å²) in [6.07, 6.45) is -8.48. The number of aliphatic hydroxyl groups is 1. The zero-order valence-electron chi connectivity index (χ0n) is 38.1. The Labute approximate surface area is 414 Å². The first kappa shape index (κ1) is 57.3. The molecule has 74 heavy (non-hydrogen) atoms. The maximum Gasteiger partial charge on any atom is 0.311 e. The Morgan fingerprint density at radius 1 is 0.635 bits per heavy atom. The second-order valence-electron chi connectivity index (χ2n) is 14.7. The predicted molar refractivity (Wildman–Crippen MR) is 255 cm³/mol. The number of anilines is 1. The Balaban J connectivity index is 2.14. The Hall–Kier alpha value is -11.0. The van der Waals surface area contributed by atoms with Gasteiger partial charge in [0.1, 0.15) is 12.1 Å². The van der Waals surface area contributed by atoms with Crippen molar-refractivity contribution in [1.29, 1.82) is 5.26 Å². The summed E-state index contributed by atoms with van der Waals surface area (Å²) in [4.78, 5) is 130. The topological polar surface area (TPSA) is 617 Å². The molecule has 36 heteroatoms. The van der Waals surface area contributed by atoms with Crippen molar-refractivity contribution in [3.63, 3.8) is 0 Å². The maximum atomic E-state index is 14.5. The number of aromatic hydroxyl groups is 1. The number of carbonyl (C=O) groups is 6. The van der Waals surface area contributed by atoms with Crippen molar-refractivity contribution >= 4 is 81.9 Å². The van der Waals surface area contributed by atoms with Crippen LogP contribution in [0.5, 0.6) is 5.75 Å². The van der Waals surface area contributed by atoms with E-state index in [0.717, 1.165) is 18.2 Å². The molecule has 36 nitrogen and oxygen atoms in total. The number of nitrogens with one attached hydrogen (secondary N) is 5. The highest BCUT2D eigenvalue weighted by molar-refractivity contribution is 5.99. The number of guanidine groups is 3. The number of nitriles is 1. The number of rotatable bonds is 24. The number of amides is 6. The monoisotopic (exact) mass is 1030 g/mol. The van der Waals surface area contributed by atoms with E-state index in [2.05, 4.69) is 30.6 Å². The Morgan fingerprint density at radius 2 is 1.08 bits per heavy atom. The quantitative estimate of drug-likeness (QED) is 0.0172. The number of amidine groups is 1. The number of carbonyl (C=O) groups excluding carboxylic acids is 6. The number of nitro groups is 3. The summed E-state index contributed by atoms with van der Waals surface area (Å²) in [7, 11) is 0. The van der Waals surface area contributed by atoms with Gasteiger partial charge in [-0.1, -0.05) is 36.4 Å². The first-order valence-electron chi connectivity index (χ1n) is 20.3. The van der Waals surface area contributed by atoms with Crippen LogP contribution in [0.15, 0.2) is 80.6 Å². The highest BCUT2D eigenvalue weighted by Gasteiger charge is 2.40. The molecule has 0 fully saturated rings. The van der Waals surface area contributed by atoms with Crippen LogP contribution in [0.2, 0.25) is 0 Å². The lowest BCUT2D eigenvalue weighted by molar-refractivity contribution is -0.392. The number of nitrogens with zero attached hydrogens (tertiary/aromatic N) is 9. The Bertz CT molecular complexity index is 2820. The Kier molecular flexibility index (Phi) is 19.8. The van der Waals surface area contributed by atoms with E-state index in [-0.39, 0.29) is 17.0 Å². The number of phenolic OH excluding ortho intramolecular Hbond substituents is 1. The molecular weight excluding hydrogens is 989 g/mol. The van der Waals surface area contributed by atoms with Gasteiger partial charge < -0.3 is 87.6 Å². The molecule has 0 heterocycles. The van der Waals surface area contributed by atoms with E-state index >= 15 is 0 Å². The van der Waals surface area contributed by atoms with E-state index in [4.69, 9.17) is 45.9 Å². The summed E-state index contributed by atoms with van der Waals surface area (Å²) < 4.78 is 0. The van der Waals surface area contributed by atoms with Crippen molar-refractivity contribution in [2.75, 3.05) is 11.5 Å². The van der Waals surface area contributed by atoms with Crippen molar-refractivity contribution in [2.45, 2.75) is 50.2 Å². The van der Waals surface area contributed by atoms with Crippen LogP contribution < -0.4 is 77.4 Å². The lowest BCUT2D eigenvalue weighted by Gasteiger charge is -2.32. The van der Waals surface area contributed by atoms with Crippen molar-refractivity contribution in [3.8, 4) is 11.8 Å². The van der Waals surface area contributed by atoms with Crippen LogP contribution in [0, 0.1) is 41.7 Å². The summed E-state index contributed by atoms with van der Waals surface area (Å²) in [5.74, 6) is -12.0. The van der Waals surface area contributed by atoms with Crippen molar-refractivity contribution in [1.82, 2.24) is 26.6 Å². The van der Waals surface area contributed by atoms with Crippen LogP contribution in [-0.4, -0.2) is 121 Å². The van der Waals surface area contributed by atoms with E-state index in [1.54, 1.807) is 0 Å². The zero-order valence-corrected chi connectivity index (χ0v) is 38.1. The molecule has 6 unspecified atom stereocenters. The van der Waals surface area contributed by atoms with Crippen LogP contribution in [0.1, 0.15) is 29.7 Å². The number of aliphatic imine (C=N–C) groups is 4. The fourth-order valence-electron chi connectivity index (χ4n) is 6.25. The number of benzene rings is 3. The van der Waals surface area contributed by atoms with E-state index in [1.165, 1.54) is 43.3 Å². The summed E-state index contributed by atoms with van der Waals surface area (Å²) >= 11 is 0. The molecule has 0 saturated carbocycles.